The first-order chi connectivity index (χ1) is 6.63. The maximum absolute atomic E-state index is 11.1. The van der Waals surface area contributed by atoms with Gasteiger partial charge < -0.3 is 11.1 Å². The quantitative estimate of drug-likeness (QED) is 0.718. The molecule has 1 aromatic heterocycles. The number of ketones is 1. The van der Waals surface area contributed by atoms with Crippen molar-refractivity contribution in [1.82, 2.24) is 4.98 Å². The van der Waals surface area contributed by atoms with Gasteiger partial charge in [-0.2, -0.15) is 0 Å². The van der Waals surface area contributed by atoms with E-state index in [1.54, 1.807) is 5.38 Å². The lowest BCUT2D eigenvalue weighted by atomic mass is 10.4. The molecule has 0 aliphatic heterocycles. The summed E-state index contributed by atoms with van der Waals surface area (Å²) in [5.74, 6) is -0.294. The van der Waals surface area contributed by atoms with Gasteiger partial charge in [-0.1, -0.05) is 0 Å². The standard InChI is InChI=1S/C8H11N3O2S/c1-5(12)6-4-14-8(10-6)11-7(13)2-3-9/h4H,2-3,9H2,1H3,(H,10,11,13). The van der Waals surface area contributed by atoms with E-state index in [0.29, 0.717) is 17.4 Å². The van der Waals surface area contributed by atoms with Gasteiger partial charge in [0, 0.05) is 25.3 Å². The van der Waals surface area contributed by atoms with Gasteiger partial charge >= 0.3 is 0 Å². The Morgan fingerprint density at radius 1 is 1.64 bits per heavy atom. The second kappa shape index (κ2) is 4.83. The van der Waals surface area contributed by atoms with Crippen molar-refractivity contribution in [3.8, 4) is 0 Å². The highest BCUT2D eigenvalue weighted by Gasteiger charge is 2.07. The highest BCUT2D eigenvalue weighted by molar-refractivity contribution is 7.14. The van der Waals surface area contributed by atoms with Gasteiger partial charge in [-0.15, -0.1) is 11.3 Å². The van der Waals surface area contributed by atoms with E-state index in [9.17, 15) is 9.59 Å². The summed E-state index contributed by atoms with van der Waals surface area (Å²) in [6, 6.07) is 0. The molecule has 0 saturated heterocycles. The molecule has 0 aromatic carbocycles. The number of Topliss-reactive ketones (excluding diaryl/α,β-unsaturated/α-hetero) is 1. The van der Waals surface area contributed by atoms with Gasteiger partial charge in [0.1, 0.15) is 5.69 Å². The van der Waals surface area contributed by atoms with Crippen LogP contribution in [0, 0.1) is 0 Å². The Hall–Kier alpha value is -1.27. The van der Waals surface area contributed by atoms with Crippen molar-refractivity contribution in [2.75, 3.05) is 11.9 Å². The van der Waals surface area contributed by atoms with E-state index in [4.69, 9.17) is 5.73 Å². The number of aromatic nitrogens is 1. The van der Waals surface area contributed by atoms with Gasteiger partial charge in [-0.25, -0.2) is 4.98 Å². The summed E-state index contributed by atoms with van der Waals surface area (Å²) in [6.07, 6.45) is 0.259. The molecule has 1 heterocycles. The fraction of sp³-hybridized carbons (Fsp3) is 0.375. The molecular weight excluding hydrogens is 202 g/mol. The van der Waals surface area contributed by atoms with Gasteiger partial charge in [-0.3, -0.25) is 9.59 Å². The van der Waals surface area contributed by atoms with Crippen molar-refractivity contribution in [2.45, 2.75) is 13.3 Å². The van der Waals surface area contributed by atoms with Crippen LogP contribution in [-0.2, 0) is 4.79 Å². The number of carbonyl (C=O) groups excluding carboxylic acids is 2. The van der Waals surface area contributed by atoms with Crippen molar-refractivity contribution in [1.29, 1.82) is 0 Å². The predicted molar refractivity (Wildman–Crippen MR) is 54.4 cm³/mol. The van der Waals surface area contributed by atoms with Gasteiger partial charge in [0.15, 0.2) is 10.9 Å². The molecule has 0 radical (unpaired) electrons. The Morgan fingerprint density at radius 3 is 2.86 bits per heavy atom. The Kier molecular flexibility index (Phi) is 3.73. The van der Waals surface area contributed by atoms with Gasteiger partial charge in [0.25, 0.3) is 0 Å². The number of hydrogen-bond donors (Lipinski definition) is 2. The number of rotatable bonds is 4. The van der Waals surface area contributed by atoms with Crippen molar-refractivity contribution < 1.29 is 9.59 Å². The van der Waals surface area contributed by atoms with Crippen LogP contribution in [0.3, 0.4) is 0 Å². The van der Waals surface area contributed by atoms with Crippen molar-refractivity contribution in [2.24, 2.45) is 5.73 Å². The molecule has 0 saturated carbocycles. The van der Waals surface area contributed by atoms with E-state index in [2.05, 4.69) is 10.3 Å². The highest BCUT2D eigenvalue weighted by Crippen LogP contribution is 2.15. The third-order valence-electron chi connectivity index (χ3n) is 1.48. The Bertz CT molecular complexity index is 348. The van der Waals surface area contributed by atoms with E-state index in [1.807, 2.05) is 0 Å². The van der Waals surface area contributed by atoms with Crippen molar-refractivity contribution in [3.63, 3.8) is 0 Å². The normalized spacial score (nSPS) is 9.86. The maximum atomic E-state index is 11.1. The summed E-state index contributed by atoms with van der Waals surface area (Å²) in [6.45, 7) is 1.73. The lowest BCUT2D eigenvalue weighted by molar-refractivity contribution is -0.116. The first-order valence-electron chi connectivity index (χ1n) is 4.10. The zero-order chi connectivity index (χ0) is 10.6. The molecule has 0 atom stereocenters. The fourth-order valence-electron chi connectivity index (χ4n) is 0.806. The average molecular weight is 213 g/mol. The van der Waals surface area contributed by atoms with Crippen LogP contribution < -0.4 is 11.1 Å². The molecule has 0 aliphatic carbocycles. The number of nitrogens with zero attached hydrogens (tertiary/aromatic N) is 1. The number of thiazole rings is 1. The van der Waals surface area contributed by atoms with E-state index < -0.39 is 0 Å². The monoisotopic (exact) mass is 213 g/mol. The summed E-state index contributed by atoms with van der Waals surface area (Å²) in [5, 5.41) is 4.60. The third kappa shape index (κ3) is 2.90. The number of nitrogens with two attached hydrogens (primary N) is 1. The minimum absolute atomic E-state index is 0.111. The lowest BCUT2D eigenvalue weighted by Gasteiger charge is -1.97. The molecule has 1 rings (SSSR count). The highest BCUT2D eigenvalue weighted by atomic mass is 32.1. The molecule has 14 heavy (non-hydrogen) atoms. The van der Waals surface area contributed by atoms with Crippen LogP contribution in [0.15, 0.2) is 5.38 Å². The van der Waals surface area contributed by atoms with E-state index in [-0.39, 0.29) is 18.1 Å². The van der Waals surface area contributed by atoms with E-state index >= 15 is 0 Å². The van der Waals surface area contributed by atoms with Crippen LogP contribution in [0.5, 0.6) is 0 Å². The molecule has 0 fully saturated rings. The summed E-state index contributed by atoms with van der Waals surface area (Å²) >= 11 is 1.23. The van der Waals surface area contributed by atoms with Crippen LogP contribution >= 0.6 is 11.3 Å². The van der Waals surface area contributed by atoms with Crippen LogP contribution in [0.4, 0.5) is 5.13 Å². The third-order valence-corrected chi connectivity index (χ3v) is 2.24. The van der Waals surface area contributed by atoms with Crippen LogP contribution in [0.2, 0.25) is 0 Å². The largest absolute Gasteiger partial charge is 0.330 e. The fourth-order valence-corrected chi connectivity index (χ4v) is 1.57. The first kappa shape index (κ1) is 10.8. The number of anilines is 1. The maximum Gasteiger partial charge on any atom is 0.227 e. The predicted octanol–water partition coefficient (Wildman–Crippen LogP) is 0.633. The smallest absolute Gasteiger partial charge is 0.227 e. The summed E-state index contributed by atoms with van der Waals surface area (Å²) in [5.41, 5.74) is 5.58. The van der Waals surface area contributed by atoms with Crippen molar-refractivity contribution >= 4 is 28.2 Å². The van der Waals surface area contributed by atoms with Crippen LogP contribution in [0.25, 0.3) is 0 Å². The van der Waals surface area contributed by atoms with Crippen LogP contribution in [-0.4, -0.2) is 23.2 Å². The minimum atomic E-state index is -0.183. The summed E-state index contributed by atoms with van der Waals surface area (Å²) in [4.78, 5) is 25.9. The molecule has 0 aliphatic rings. The minimum Gasteiger partial charge on any atom is -0.330 e. The second-order valence-electron chi connectivity index (χ2n) is 2.68. The zero-order valence-electron chi connectivity index (χ0n) is 7.74. The Balaban J connectivity index is 2.59. The van der Waals surface area contributed by atoms with Crippen LogP contribution in [0.1, 0.15) is 23.8 Å². The number of amides is 1. The molecule has 76 valence electrons. The van der Waals surface area contributed by atoms with Gasteiger partial charge in [0.2, 0.25) is 5.91 Å². The van der Waals surface area contributed by atoms with Gasteiger partial charge in [-0.05, 0) is 0 Å². The molecule has 5 nitrogen and oxygen atoms in total. The number of carbonyl (C=O) groups is 2. The molecule has 3 N–H and O–H groups in total. The molecule has 0 spiro atoms. The number of hydrogen-bond acceptors (Lipinski definition) is 5. The molecule has 1 amide bonds. The summed E-state index contributed by atoms with van der Waals surface area (Å²) < 4.78 is 0. The molecule has 1 aromatic rings. The van der Waals surface area contributed by atoms with E-state index in [1.165, 1.54) is 18.3 Å². The van der Waals surface area contributed by atoms with Crippen molar-refractivity contribution in [3.05, 3.63) is 11.1 Å². The molecule has 0 unspecified atom stereocenters. The lowest BCUT2D eigenvalue weighted by Crippen LogP contribution is -2.16. The number of nitrogens with one attached hydrogen (secondary N) is 1. The Labute approximate surface area is 85.3 Å². The Morgan fingerprint density at radius 2 is 2.36 bits per heavy atom. The SMILES string of the molecule is CC(=O)c1csc(NC(=O)CCN)n1. The van der Waals surface area contributed by atoms with E-state index in [0.717, 1.165) is 0 Å². The topological polar surface area (TPSA) is 85.1 Å². The molecular formula is C8H11N3O2S. The van der Waals surface area contributed by atoms with Gasteiger partial charge in [0.05, 0.1) is 0 Å². The first-order valence-corrected chi connectivity index (χ1v) is 4.98. The zero-order valence-corrected chi connectivity index (χ0v) is 8.56. The molecule has 0 bridgehead atoms. The second-order valence-corrected chi connectivity index (χ2v) is 3.54. The molecule has 6 heteroatoms. The average Bonchev–Trinajstić information content (AvgIpc) is 2.53. The summed E-state index contributed by atoms with van der Waals surface area (Å²) in [7, 11) is 0.